The molecule has 0 radical (unpaired) electrons. The topological polar surface area (TPSA) is 75.4 Å². The second-order valence-corrected chi connectivity index (χ2v) is 7.96. The molecule has 1 aliphatic carbocycles. The summed E-state index contributed by atoms with van der Waals surface area (Å²) in [7, 11) is 0. The number of nitrogens with zero attached hydrogens (tertiary/aromatic N) is 1. The Hall–Kier alpha value is -3.34. The highest BCUT2D eigenvalue weighted by Crippen LogP contribution is 2.49. The van der Waals surface area contributed by atoms with E-state index in [1.165, 1.54) is 0 Å². The molecule has 0 fully saturated rings. The number of ketones is 1. The van der Waals surface area contributed by atoms with Gasteiger partial charge in [-0.25, -0.2) is 0 Å². The summed E-state index contributed by atoms with van der Waals surface area (Å²) in [6.07, 6.45) is 1.01. The Balaban J connectivity index is 1.64. The van der Waals surface area contributed by atoms with E-state index in [0.29, 0.717) is 18.7 Å². The van der Waals surface area contributed by atoms with Crippen molar-refractivity contribution in [1.29, 1.82) is 0 Å². The van der Waals surface area contributed by atoms with Crippen LogP contribution in [0.1, 0.15) is 52.6 Å². The van der Waals surface area contributed by atoms with E-state index in [-0.39, 0.29) is 23.4 Å². The number of carbonyl (C=O) groups excluding carboxylic acids is 1. The molecule has 146 valence electrons. The van der Waals surface area contributed by atoms with Crippen molar-refractivity contribution < 1.29 is 14.4 Å². The Kier molecular flexibility index (Phi) is 4.05. The van der Waals surface area contributed by atoms with Crippen LogP contribution in [-0.4, -0.2) is 16.0 Å². The van der Waals surface area contributed by atoms with E-state index in [1.807, 2.05) is 25.1 Å². The number of rotatable bonds is 2. The van der Waals surface area contributed by atoms with Crippen LogP contribution in [0.5, 0.6) is 5.75 Å². The molecule has 1 aromatic heterocycles. The van der Waals surface area contributed by atoms with Gasteiger partial charge in [-0.3, -0.25) is 4.79 Å². The van der Waals surface area contributed by atoms with E-state index < -0.39 is 0 Å². The standard InChI is InChI=1S/C24H22N2O3/c1-13-6-5-7-15(10-13)22-21-14(2)26-29-24(21)25-18-11-16(12-20(28)23(18)22)17-8-3-4-9-19(17)27/h3-10,16,22,25,27H,11-12H2,1-2H3. The third-order valence-electron chi connectivity index (χ3n) is 6.01. The van der Waals surface area contributed by atoms with Crippen molar-refractivity contribution in [1.82, 2.24) is 5.16 Å². The number of aromatic hydroxyl groups is 1. The summed E-state index contributed by atoms with van der Waals surface area (Å²) in [5.41, 5.74) is 6.41. The molecular formula is C24H22N2O3. The van der Waals surface area contributed by atoms with Crippen LogP contribution < -0.4 is 5.32 Å². The van der Waals surface area contributed by atoms with Gasteiger partial charge >= 0.3 is 0 Å². The fraction of sp³-hybridized carbons (Fsp3) is 0.250. The van der Waals surface area contributed by atoms with E-state index in [1.54, 1.807) is 12.1 Å². The smallest absolute Gasteiger partial charge is 0.233 e. The van der Waals surface area contributed by atoms with Crippen molar-refractivity contribution in [3.63, 3.8) is 0 Å². The van der Waals surface area contributed by atoms with Gasteiger partial charge in [-0.2, -0.15) is 0 Å². The highest BCUT2D eigenvalue weighted by atomic mass is 16.5. The van der Waals surface area contributed by atoms with Crippen molar-refractivity contribution in [2.45, 2.75) is 38.5 Å². The van der Waals surface area contributed by atoms with Crippen LogP contribution in [0.4, 0.5) is 5.88 Å². The van der Waals surface area contributed by atoms with Crippen LogP contribution in [0.3, 0.4) is 0 Å². The molecule has 2 aromatic carbocycles. The Morgan fingerprint density at radius 3 is 2.72 bits per heavy atom. The number of anilines is 1. The van der Waals surface area contributed by atoms with Crippen LogP contribution in [0.25, 0.3) is 0 Å². The number of aryl methyl sites for hydroxylation is 2. The van der Waals surface area contributed by atoms with Crippen molar-refractivity contribution in [3.05, 3.63) is 87.7 Å². The Bertz CT molecular complexity index is 1160. The molecule has 0 saturated heterocycles. The zero-order valence-corrected chi connectivity index (χ0v) is 16.4. The van der Waals surface area contributed by atoms with Gasteiger partial charge in [-0.1, -0.05) is 53.2 Å². The number of phenols is 1. The Morgan fingerprint density at radius 2 is 1.93 bits per heavy atom. The molecule has 2 aliphatic rings. The summed E-state index contributed by atoms with van der Waals surface area (Å²) in [6, 6.07) is 15.5. The molecule has 2 unspecified atom stereocenters. The predicted octanol–water partition coefficient (Wildman–Crippen LogP) is 4.96. The second kappa shape index (κ2) is 6.62. The SMILES string of the molecule is Cc1cccc(C2C3=C(CC(c4ccccc4O)CC3=O)Nc3onc(C)c32)c1. The van der Waals surface area contributed by atoms with Gasteiger partial charge in [0.25, 0.3) is 0 Å². The minimum Gasteiger partial charge on any atom is -0.508 e. The number of benzene rings is 2. The molecule has 3 aromatic rings. The number of aromatic nitrogens is 1. The van der Waals surface area contributed by atoms with Gasteiger partial charge in [-0.05, 0) is 37.5 Å². The van der Waals surface area contributed by atoms with Crippen LogP contribution in [-0.2, 0) is 4.79 Å². The van der Waals surface area contributed by atoms with E-state index in [4.69, 9.17) is 4.52 Å². The first-order valence-electron chi connectivity index (χ1n) is 9.87. The molecule has 2 heterocycles. The third kappa shape index (κ3) is 2.85. The molecule has 29 heavy (non-hydrogen) atoms. The monoisotopic (exact) mass is 386 g/mol. The average Bonchev–Trinajstić information content (AvgIpc) is 3.07. The highest BCUT2D eigenvalue weighted by Gasteiger charge is 2.41. The zero-order valence-electron chi connectivity index (χ0n) is 16.4. The van der Waals surface area contributed by atoms with Gasteiger partial charge in [0.2, 0.25) is 5.88 Å². The van der Waals surface area contributed by atoms with Gasteiger partial charge in [0, 0.05) is 29.5 Å². The van der Waals surface area contributed by atoms with Crippen LogP contribution >= 0.6 is 0 Å². The number of nitrogens with one attached hydrogen (secondary N) is 1. The maximum Gasteiger partial charge on any atom is 0.233 e. The largest absolute Gasteiger partial charge is 0.508 e. The van der Waals surface area contributed by atoms with Gasteiger partial charge in [0.15, 0.2) is 5.78 Å². The number of hydrogen-bond donors (Lipinski definition) is 2. The maximum atomic E-state index is 13.4. The first-order valence-corrected chi connectivity index (χ1v) is 9.87. The lowest BCUT2D eigenvalue weighted by Gasteiger charge is -2.34. The van der Waals surface area contributed by atoms with Crippen LogP contribution in [0, 0.1) is 13.8 Å². The minimum atomic E-state index is -0.190. The lowest BCUT2D eigenvalue weighted by Crippen LogP contribution is -2.29. The van der Waals surface area contributed by atoms with E-state index >= 15 is 0 Å². The predicted molar refractivity (Wildman–Crippen MR) is 110 cm³/mol. The van der Waals surface area contributed by atoms with Gasteiger partial charge in [0.05, 0.1) is 11.3 Å². The fourth-order valence-corrected chi connectivity index (χ4v) is 4.71. The van der Waals surface area contributed by atoms with E-state index in [0.717, 1.165) is 39.2 Å². The number of hydrogen-bond acceptors (Lipinski definition) is 5. The van der Waals surface area contributed by atoms with Gasteiger partial charge in [0.1, 0.15) is 5.75 Å². The molecule has 2 atom stereocenters. The molecular weight excluding hydrogens is 364 g/mol. The number of para-hydroxylation sites is 1. The second-order valence-electron chi connectivity index (χ2n) is 7.96. The highest BCUT2D eigenvalue weighted by molar-refractivity contribution is 6.01. The summed E-state index contributed by atoms with van der Waals surface area (Å²) in [5, 5.41) is 17.8. The number of carbonyl (C=O) groups is 1. The molecule has 0 amide bonds. The molecule has 0 spiro atoms. The van der Waals surface area contributed by atoms with E-state index in [2.05, 4.69) is 35.6 Å². The molecule has 5 nitrogen and oxygen atoms in total. The molecule has 0 saturated carbocycles. The summed E-state index contributed by atoms with van der Waals surface area (Å²) in [5.74, 6) is 0.684. The normalized spacial score (nSPS) is 20.8. The first kappa shape index (κ1) is 17.7. The van der Waals surface area contributed by atoms with Crippen molar-refractivity contribution in [2.24, 2.45) is 0 Å². The maximum absolute atomic E-state index is 13.4. The lowest BCUT2D eigenvalue weighted by molar-refractivity contribution is -0.116. The average molecular weight is 386 g/mol. The molecule has 2 N–H and O–H groups in total. The molecule has 0 bridgehead atoms. The summed E-state index contributed by atoms with van der Waals surface area (Å²) in [4.78, 5) is 13.4. The molecule has 1 aliphatic heterocycles. The van der Waals surface area contributed by atoms with Gasteiger partial charge < -0.3 is 14.9 Å². The lowest BCUT2D eigenvalue weighted by atomic mass is 9.72. The van der Waals surface area contributed by atoms with E-state index in [9.17, 15) is 9.90 Å². The van der Waals surface area contributed by atoms with Crippen LogP contribution in [0.2, 0.25) is 0 Å². The summed E-state index contributed by atoms with van der Waals surface area (Å²) < 4.78 is 5.56. The summed E-state index contributed by atoms with van der Waals surface area (Å²) in [6.45, 7) is 3.97. The fourth-order valence-electron chi connectivity index (χ4n) is 4.71. The van der Waals surface area contributed by atoms with Crippen molar-refractivity contribution in [3.8, 4) is 5.75 Å². The Morgan fingerprint density at radius 1 is 1.10 bits per heavy atom. The van der Waals surface area contributed by atoms with Gasteiger partial charge in [-0.15, -0.1) is 0 Å². The van der Waals surface area contributed by atoms with Crippen molar-refractivity contribution >= 4 is 11.7 Å². The molecule has 5 heteroatoms. The first-order chi connectivity index (χ1) is 14.0. The number of allylic oxidation sites excluding steroid dienone is 2. The summed E-state index contributed by atoms with van der Waals surface area (Å²) >= 11 is 0. The number of Topliss-reactive ketones (excluding diaryl/α,β-unsaturated/α-hetero) is 1. The Labute approximate surface area is 169 Å². The number of fused-ring (bicyclic) bond motifs is 1. The van der Waals surface area contributed by atoms with Crippen molar-refractivity contribution in [2.75, 3.05) is 5.32 Å². The zero-order chi connectivity index (χ0) is 20.1. The number of phenolic OH excluding ortho intramolecular Hbond substituents is 1. The third-order valence-corrected chi connectivity index (χ3v) is 6.01. The quantitative estimate of drug-likeness (QED) is 0.651. The van der Waals surface area contributed by atoms with Crippen LogP contribution in [0.15, 0.2) is 64.3 Å². The molecule has 5 rings (SSSR count). The minimum absolute atomic E-state index is 0.0707.